The molecule has 0 spiro atoms. The van der Waals surface area contributed by atoms with E-state index in [4.69, 9.17) is 5.26 Å². The summed E-state index contributed by atoms with van der Waals surface area (Å²) in [5.41, 5.74) is 0. The van der Waals surface area contributed by atoms with E-state index in [0.717, 1.165) is 18.9 Å². The zero-order valence-electron chi connectivity index (χ0n) is 7.38. The summed E-state index contributed by atoms with van der Waals surface area (Å²) in [6, 6.07) is 2.50. The summed E-state index contributed by atoms with van der Waals surface area (Å²) in [4.78, 5) is 2.18. The lowest BCUT2D eigenvalue weighted by molar-refractivity contribution is 0.168. The van der Waals surface area contributed by atoms with Gasteiger partial charge < -0.3 is 0 Å². The minimum atomic E-state index is 0.179. The Kier molecular flexibility index (Phi) is 2.90. The first-order valence-electron chi connectivity index (χ1n) is 4.37. The van der Waals surface area contributed by atoms with Crippen molar-refractivity contribution in [3.63, 3.8) is 0 Å². The van der Waals surface area contributed by atoms with Gasteiger partial charge in [-0.2, -0.15) is 5.26 Å². The molecule has 11 heavy (non-hydrogen) atoms. The van der Waals surface area contributed by atoms with E-state index in [2.05, 4.69) is 24.9 Å². The lowest BCUT2D eigenvalue weighted by Gasteiger charge is -2.32. The smallest absolute Gasteiger partial charge is 0.0975 e. The Morgan fingerprint density at radius 3 is 2.73 bits per heavy atom. The van der Waals surface area contributed by atoms with Gasteiger partial charge in [0.1, 0.15) is 0 Å². The lowest BCUT2D eigenvalue weighted by atomic mass is 9.92. The van der Waals surface area contributed by atoms with Gasteiger partial charge in [-0.15, -0.1) is 0 Å². The zero-order chi connectivity index (χ0) is 8.27. The zero-order valence-corrected chi connectivity index (χ0v) is 7.38. The normalized spacial score (nSPS) is 33.2. The quantitative estimate of drug-likeness (QED) is 0.571. The predicted molar refractivity (Wildman–Crippen MR) is 45.0 cm³/mol. The molecule has 0 N–H and O–H groups in total. The van der Waals surface area contributed by atoms with E-state index in [-0.39, 0.29) is 6.04 Å². The van der Waals surface area contributed by atoms with Crippen LogP contribution in [-0.4, -0.2) is 24.5 Å². The Morgan fingerprint density at radius 1 is 1.55 bits per heavy atom. The van der Waals surface area contributed by atoms with E-state index in [9.17, 15) is 0 Å². The molecule has 0 aromatic heterocycles. The Balaban J connectivity index is 2.42. The van der Waals surface area contributed by atoms with Crippen molar-refractivity contribution in [2.75, 3.05) is 13.6 Å². The van der Waals surface area contributed by atoms with Crippen LogP contribution in [0.5, 0.6) is 0 Å². The molecule has 1 heterocycles. The molecule has 2 unspecified atom stereocenters. The number of likely N-dealkylation sites (tertiary alicyclic amines) is 1. The second-order valence-electron chi connectivity index (χ2n) is 3.44. The highest BCUT2D eigenvalue weighted by Crippen LogP contribution is 2.22. The van der Waals surface area contributed by atoms with Gasteiger partial charge in [-0.05, 0) is 25.8 Å². The van der Waals surface area contributed by atoms with Gasteiger partial charge in [0.25, 0.3) is 0 Å². The van der Waals surface area contributed by atoms with Crippen molar-refractivity contribution in [3.8, 4) is 6.07 Å². The van der Waals surface area contributed by atoms with Crippen molar-refractivity contribution < 1.29 is 0 Å². The number of rotatable bonds is 1. The van der Waals surface area contributed by atoms with Gasteiger partial charge >= 0.3 is 0 Å². The fraction of sp³-hybridized carbons (Fsp3) is 0.889. The molecule has 0 saturated carbocycles. The molecule has 0 bridgehead atoms. The van der Waals surface area contributed by atoms with Gasteiger partial charge in [-0.3, -0.25) is 4.90 Å². The summed E-state index contributed by atoms with van der Waals surface area (Å²) in [7, 11) is 2.05. The number of hydrogen-bond donors (Lipinski definition) is 0. The lowest BCUT2D eigenvalue weighted by Crippen LogP contribution is -2.39. The van der Waals surface area contributed by atoms with Crippen molar-refractivity contribution in [3.05, 3.63) is 0 Å². The molecule has 1 rings (SSSR count). The first-order chi connectivity index (χ1) is 5.27. The fourth-order valence-corrected chi connectivity index (χ4v) is 1.74. The summed E-state index contributed by atoms with van der Waals surface area (Å²) in [5.74, 6) is 0.824. The van der Waals surface area contributed by atoms with E-state index < -0.39 is 0 Å². The molecule has 0 aromatic carbocycles. The van der Waals surface area contributed by atoms with Crippen LogP contribution in [0.1, 0.15) is 26.2 Å². The molecule has 62 valence electrons. The molecule has 1 saturated heterocycles. The molecular weight excluding hydrogens is 136 g/mol. The van der Waals surface area contributed by atoms with Crippen LogP contribution in [0.15, 0.2) is 0 Å². The monoisotopic (exact) mass is 152 g/mol. The van der Waals surface area contributed by atoms with Crippen LogP contribution in [0, 0.1) is 17.2 Å². The predicted octanol–water partition coefficient (Wildman–Crippen LogP) is 1.63. The maximum Gasteiger partial charge on any atom is 0.0975 e. The van der Waals surface area contributed by atoms with Gasteiger partial charge in [-0.1, -0.05) is 13.3 Å². The molecule has 0 aliphatic carbocycles. The highest BCUT2D eigenvalue weighted by Gasteiger charge is 2.23. The standard InChI is InChI=1S/C9H16N2/c1-3-8-4-5-9(6-10)11(2)7-8/h8-9H,3-5,7H2,1-2H3. The molecule has 2 heteroatoms. The average Bonchev–Trinajstić information content (AvgIpc) is 2.04. The second-order valence-corrected chi connectivity index (χ2v) is 3.44. The van der Waals surface area contributed by atoms with Gasteiger partial charge in [0.2, 0.25) is 0 Å². The van der Waals surface area contributed by atoms with E-state index in [0.29, 0.717) is 0 Å². The Labute approximate surface area is 68.8 Å². The van der Waals surface area contributed by atoms with Crippen molar-refractivity contribution in [1.82, 2.24) is 4.90 Å². The first-order valence-corrected chi connectivity index (χ1v) is 4.37. The summed E-state index contributed by atoms with van der Waals surface area (Å²) in [5, 5.41) is 8.73. The molecule has 1 fully saturated rings. The number of nitriles is 1. The van der Waals surface area contributed by atoms with E-state index in [1.54, 1.807) is 0 Å². The third-order valence-corrected chi connectivity index (χ3v) is 2.65. The van der Waals surface area contributed by atoms with Crippen LogP contribution in [-0.2, 0) is 0 Å². The molecule has 1 aliphatic rings. The third-order valence-electron chi connectivity index (χ3n) is 2.65. The highest BCUT2D eigenvalue weighted by atomic mass is 15.1. The van der Waals surface area contributed by atoms with Crippen molar-refractivity contribution in [1.29, 1.82) is 5.26 Å². The van der Waals surface area contributed by atoms with Gasteiger partial charge in [-0.25, -0.2) is 0 Å². The van der Waals surface area contributed by atoms with E-state index >= 15 is 0 Å². The fourth-order valence-electron chi connectivity index (χ4n) is 1.74. The molecule has 0 radical (unpaired) electrons. The average molecular weight is 152 g/mol. The minimum Gasteiger partial charge on any atom is -0.291 e. The topological polar surface area (TPSA) is 27.0 Å². The molecule has 2 nitrogen and oxygen atoms in total. The maximum atomic E-state index is 8.73. The summed E-state index contributed by atoms with van der Waals surface area (Å²) in [6.45, 7) is 3.33. The van der Waals surface area contributed by atoms with Gasteiger partial charge in [0.15, 0.2) is 0 Å². The third kappa shape index (κ3) is 1.94. The second kappa shape index (κ2) is 3.73. The van der Waals surface area contributed by atoms with Gasteiger partial charge in [0, 0.05) is 6.54 Å². The SMILES string of the molecule is CCC1CCC(C#N)N(C)C1. The molecular formula is C9H16N2. The van der Waals surface area contributed by atoms with Crippen LogP contribution in [0.2, 0.25) is 0 Å². The first kappa shape index (κ1) is 8.55. The van der Waals surface area contributed by atoms with Crippen LogP contribution in [0.25, 0.3) is 0 Å². The van der Waals surface area contributed by atoms with E-state index in [1.807, 2.05) is 0 Å². The van der Waals surface area contributed by atoms with Crippen LogP contribution in [0.3, 0.4) is 0 Å². The minimum absolute atomic E-state index is 0.179. The van der Waals surface area contributed by atoms with Crippen LogP contribution in [0.4, 0.5) is 0 Å². The van der Waals surface area contributed by atoms with Crippen LogP contribution < -0.4 is 0 Å². The summed E-state index contributed by atoms with van der Waals surface area (Å²) >= 11 is 0. The molecule has 1 aliphatic heterocycles. The molecule has 2 atom stereocenters. The summed E-state index contributed by atoms with van der Waals surface area (Å²) in [6.07, 6.45) is 3.55. The molecule has 0 amide bonds. The highest BCUT2D eigenvalue weighted by molar-refractivity contribution is 4.94. The Hall–Kier alpha value is -0.550. The van der Waals surface area contributed by atoms with Crippen LogP contribution >= 0.6 is 0 Å². The van der Waals surface area contributed by atoms with Gasteiger partial charge in [0.05, 0.1) is 12.1 Å². The Morgan fingerprint density at radius 2 is 2.27 bits per heavy atom. The number of piperidine rings is 1. The summed E-state index contributed by atoms with van der Waals surface area (Å²) < 4.78 is 0. The van der Waals surface area contributed by atoms with Crippen molar-refractivity contribution >= 4 is 0 Å². The van der Waals surface area contributed by atoms with Crippen molar-refractivity contribution in [2.24, 2.45) is 5.92 Å². The number of nitrogens with zero attached hydrogens (tertiary/aromatic N) is 2. The number of hydrogen-bond acceptors (Lipinski definition) is 2. The largest absolute Gasteiger partial charge is 0.291 e. The maximum absolute atomic E-state index is 8.73. The Bertz CT molecular complexity index is 159. The van der Waals surface area contributed by atoms with E-state index in [1.165, 1.54) is 12.8 Å². The van der Waals surface area contributed by atoms with Crippen molar-refractivity contribution in [2.45, 2.75) is 32.2 Å². The molecule has 0 aromatic rings.